The molecular weight excluding hydrogens is 300 g/mol. The topological polar surface area (TPSA) is 45.6 Å². The largest absolute Gasteiger partial charge is 0.497 e. The molecule has 3 fully saturated rings. The fourth-order valence-electron chi connectivity index (χ4n) is 5.46. The van der Waals surface area contributed by atoms with E-state index in [9.17, 15) is 5.11 Å². The predicted octanol–water partition coefficient (Wildman–Crippen LogP) is 2.93. The second-order valence-corrected chi connectivity index (χ2v) is 7.34. The van der Waals surface area contributed by atoms with Crippen LogP contribution in [0.25, 0.3) is 10.9 Å². The summed E-state index contributed by atoms with van der Waals surface area (Å²) in [5.74, 6) is 2.20. The number of ether oxygens (including phenoxy) is 1. The summed E-state index contributed by atoms with van der Waals surface area (Å²) in [5, 5.41) is 12.1. The van der Waals surface area contributed by atoms with E-state index in [0.29, 0.717) is 11.5 Å². The summed E-state index contributed by atoms with van der Waals surface area (Å²) < 4.78 is 5.35. The number of hydrogen-bond acceptors (Lipinski definition) is 4. The average molecular weight is 322 g/mol. The van der Waals surface area contributed by atoms with Crippen molar-refractivity contribution in [1.82, 2.24) is 9.88 Å². The van der Waals surface area contributed by atoms with Crippen LogP contribution in [-0.2, 0) is 0 Å². The van der Waals surface area contributed by atoms with Crippen molar-refractivity contribution in [3.8, 4) is 5.75 Å². The lowest BCUT2D eigenvalue weighted by atomic mass is 9.82. The number of aliphatic hydroxyl groups excluding tert-OH is 1. The normalized spacial score (nSPS) is 35.0. The Hall–Kier alpha value is -1.91. The summed E-state index contributed by atoms with van der Waals surface area (Å²) in [6.07, 6.45) is 5.73. The lowest BCUT2D eigenvalue weighted by molar-refractivity contribution is -0.0656. The van der Waals surface area contributed by atoms with Crippen molar-refractivity contribution in [2.24, 2.45) is 11.8 Å². The van der Waals surface area contributed by atoms with Gasteiger partial charge in [0, 0.05) is 23.2 Å². The minimum absolute atomic E-state index is 0.205. The van der Waals surface area contributed by atoms with Gasteiger partial charge in [-0.15, -0.1) is 6.58 Å². The van der Waals surface area contributed by atoms with E-state index in [-0.39, 0.29) is 6.04 Å². The Morgan fingerprint density at radius 3 is 3.08 bits per heavy atom. The predicted molar refractivity (Wildman–Crippen MR) is 92.9 cm³/mol. The number of aromatic nitrogens is 1. The molecule has 4 heteroatoms. The van der Waals surface area contributed by atoms with E-state index in [1.54, 1.807) is 13.3 Å². The maximum absolute atomic E-state index is 11.1. The minimum Gasteiger partial charge on any atom is -0.497 e. The van der Waals surface area contributed by atoms with Gasteiger partial charge in [-0.05, 0) is 61.1 Å². The van der Waals surface area contributed by atoms with Crippen molar-refractivity contribution in [1.29, 1.82) is 0 Å². The molecule has 1 N–H and O–H groups in total. The second-order valence-electron chi connectivity index (χ2n) is 7.34. The number of hydrogen-bond donors (Lipinski definition) is 1. The van der Waals surface area contributed by atoms with Crippen LogP contribution in [0.4, 0.5) is 0 Å². The molecule has 0 radical (unpaired) electrons. The van der Waals surface area contributed by atoms with Crippen LogP contribution in [0, 0.1) is 11.8 Å². The smallest absolute Gasteiger partial charge is 0.119 e. The highest BCUT2D eigenvalue weighted by molar-refractivity contribution is 5.84. The number of nitrogens with zero attached hydrogens (tertiary/aromatic N) is 2. The maximum Gasteiger partial charge on any atom is 0.119 e. The maximum atomic E-state index is 11.1. The Bertz CT molecular complexity index is 835. The molecule has 1 saturated carbocycles. The molecular formula is C20H22N2O2. The van der Waals surface area contributed by atoms with Crippen LogP contribution in [0.1, 0.15) is 24.5 Å². The van der Waals surface area contributed by atoms with Crippen LogP contribution in [0.15, 0.2) is 43.1 Å². The highest BCUT2D eigenvalue weighted by atomic mass is 16.5. The third-order valence-corrected chi connectivity index (χ3v) is 6.62. The van der Waals surface area contributed by atoms with E-state index < -0.39 is 6.10 Å². The van der Waals surface area contributed by atoms with Crippen LogP contribution in [0.2, 0.25) is 0 Å². The summed E-state index contributed by atoms with van der Waals surface area (Å²) in [6.45, 7) is 5.10. The first-order valence-electron chi connectivity index (χ1n) is 8.70. The minimum atomic E-state index is -0.488. The van der Waals surface area contributed by atoms with Crippen LogP contribution in [-0.4, -0.2) is 40.2 Å². The van der Waals surface area contributed by atoms with E-state index >= 15 is 0 Å². The zero-order chi connectivity index (χ0) is 16.5. The van der Waals surface area contributed by atoms with Crippen LogP contribution in [0.3, 0.4) is 0 Å². The summed E-state index contributed by atoms with van der Waals surface area (Å²) in [7, 11) is 1.66. The monoisotopic (exact) mass is 322 g/mol. The number of aliphatic hydroxyl groups is 1. The SMILES string of the molecule is C=C[C@@H]1C2CCN3C([C@@H](O)c4ccnc5ccc(OC)cc45)CC213. The molecule has 1 aliphatic carbocycles. The van der Waals surface area contributed by atoms with Crippen molar-refractivity contribution in [3.63, 3.8) is 0 Å². The summed E-state index contributed by atoms with van der Waals surface area (Å²) in [4.78, 5) is 6.95. The Labute approximate surface area is 141 Å². The van der Waals surface area contributed by atoms with Crippen molar-refractivity contribution in [3.05, 3.63) is 48.7 Å². The molecule has 5 atom stereocenters. The first-order valence-corrected chi connectivity index (χ1v) is 8.70. The van der Waals surface area contributed by atoms with Gasteiger partial charge in [0.25, 0.3) is 0 Å². The zero-order valence-corrected chi connectivity index (χ0v) is 13.9. The van der Waals surface area contributed by atoms with Crippen LogP contribution < -0.4 is 4.74 Å². The highest BCUT2D eigenvalue weighted by Gasteiger charge is 2.76. The van der Waals surface area contributed by atoms with Gasteiger partial charge in [0.2, 0.25) is 0 Å². The molecule has 124 valence electrons. The third-order valence-electron chi connectivity index (χ3n) is 6.62. The Kier molecular flexibility index (Phi) is 2.89. The second kappa shape index (κ2) is 4.80. The standard InChI is InChI=1S/C20H22N2O2/c1-3-15-16-7-9-22-18(11-20(15,16)22)19(23)13-6-8-21-17-5-4-12(24-2)10-14(13)17/h3-6,8,10,15-16,18-19,23H,1,7,9,11H2,2H3/t15-,16?,18?,19+,20?/m1/s1. The molecule has 4 nitrogen and oxygen atoms in total. The van der Waals surface area contributed by atoms with Gasteiger partial charge in [-0.2, -0.15) is 0 Å². The lowest BCUT2D eigenvalue weighted by Crippen LogP contribution is -2.59. The molecule has 0 amide bonds. The fraction of sp³-hybridized carbons (Fsp3) is 0.450. The average Bonchev–Trinajstić information content (AvgIpc) is 3.18. The lowest BCUT2D eigenvalue weighted by Gasteiger charge is -2.50. The van der Waals surface area contributed by atoms with E-state index in [0.717, 1.165) is 41.1 Å². The quantitative estimate of drug-likeness (QED) is 0.879. The van der Waals surface area contributed by atoms with Gasteiger partial charge in [-0.1, -0.05) is 6.08 Å². The molecule has 2 saturated heterocycles. The van der Waals surface area contributed by atoms with Gasteiger partial charge < -0.3 is 9.84 Å². The van der Waals surface area contributed by atoms with Crippen molar-refractivity contribution >= 4 is 10.9 Å². The summed E-state index contributed by atoms with van der Waals surface area (Å²) in [5.41, 5.74) is 2.18. The Balaban J connectivity index is 1.49. The van der Waals surface area contributed by atoms with Gasteiger partial charge >= 0.3 is 0 Å². The molecule has 3 unspecified atom stereocenters. The molecule has 3 heterocycles. The number of rotatable bonds is 4. The molecule has 1 aromatic carbocycles. The Morgan fingerprint density at radius 1 is 1.46 bits per heavy atom. The van der Waals surface area contributed by atoms with Crippen LogP contribution in [0.5, 0.6) is 5.75 Å². The zero-order valence-electron chi connectivity index (χ0n) is 13.9. The first-order chi connectivity index (χ1) is 11.7. The number of fused-ring (bicyclic) bond motifs is 1. The van der Waals surface area contributed by atoms with Gasteiger partial charge in [-0.25, -0.2) is 0 Å². The third kappa shape index (κ3) is 1.63. The van der Waals surface area contributed by atoms with E-state index in [1.165, 1.54) is 6.42 Å². The van der Waals surface area contributed by atoms with Crippen LogP contribution >= 0.6 is 0 Å². The van der Waals surface area contributed by atoms with E-state index in [1.807, 2.05) is 24.3 Å². The first kappa shape index (κ1) is 14.4. The molecule has 2 aliphatic heterocycles. The van der Waals surface area contributed by atoms with E-state index in [4.69, 9.17) is 4.74 Å². The number of pyridine rings is 1. The van der Waals surface area contributed by atoms with Gasteiger partial charge in [0.15, 0.2) is 0 Å². The number of methoxy groups -OCH3 is 1. The molecule has 0 bridgehead atoms. The molecule has 24 heavy (non-hydrogen) atoms. The molecule has 1 spiro atoms. The highest BCUT2D eigenvalue weighted by Crippen LogP contribution is 2.71. The molecule has 1 aromatic heterocycles. The van der Waals surface area contributed by atoms with Crippen molar-refractivity contribution in [2.75, 3.05) is 13.7 Å². The Morgan fingerprint density at radius 2 is 2.33 bits per heavy atom. The van der Waals surface area contributed by atoms with Crippen molar-refractivity contribution < 1.29 is 9.84 Å². The van der Waals surface area contributed by atoms with Crippen molar-refractivity contribution in [2.45, 2.75) is 30.5 Å². The molecule has 2 aromatic rings. The number of benzene rings is 1. The summed E-state index contributed by atoms with van der Waals surface area (Å²) in [6, 6.07) is 7.99. The number of piperidine rings is 1. The van der Waals surface area contributed by atoms with E-state index in [2.05, 4.69) is 22.5 Å². The molecule has 5 rings (SSSR count). The van der Waals surface area contributed by atoms with Gasteiger partial charge in [0.05, 0.1) is 18.7 Å². The van der Waals surface area contributed by atoms with Gasteiger partial charge in [-0.3, -0.25) is 9.88 Å². The fourth-order valence-corrected chi connectivity index (χ4v) is 5.46. The van der Waals surface area contributed by atoms with Gasteiger partial charge in [0.1, 0.15) is 5.75 Å². The molecule has 3 aliphatic rings. The summed E-state index contributed by atoms with van der Waals surface area (Å²) >= 11 is 0.